The van der Waals surface area contributed by atoms with Crippen molar-refractivity contribution in [2.45, 2.75) is 13.5 Å². The summed E-state index contributed by atoms with van der Waals surface area (Å²) in [5.74, 6) is 0.649. The van der Waals surface area contributed by atoms with Gasteiger partial charge in [-0.1, -0.05) is 0 Å². The molecular weight excluding hydrogens is 264 g/mol. The van der Waals surface area contributed by atoms with Gasteiger partial charge < -0.3 is 5.73 Å². The van der Waals surface area contributed by atoms with Crippen molar-refractivity contribution in [2.75, 3.05) is 5.73 Å². The lowest BCUT2D eigenvalue weighted by molar-refractivity contribution is 0.678. The molecule has 0 aromatic carbocycles. The highest BCUT2D eigenvalue weighted by Gasteiger charge is 2.10. The van der Waals surface area contributed by atoms with E-state index >= 15 is 0 Å². The van der Waals surface area contributed by atoms with Crippen LogP contribution in [0.1, 0.15) is 11.4 Å². The van der Waals surface area contributed by atoms with E-state index < -0.39 is 0 Å². The number of aryl methyl sites for hydroxylation is 1. The Hall–Kier alpha value is -0.880. The first kappa shape index (κ1) is 9.67. The number of hydrogen-bond acceptors (Lipinski definition) is 4. The van der Waals surface area contributed by atoms with Gasteiger partial charge in [-0.05, 0) is 22.9 Å². The fourth-order valence-electron chi connectivity index (χ4n) is 1.17. The van der Waals surface area contributed by atoms with Crippen molar-refractivity contribution in [3.63, 3.8) is 0 Å². The second-order valence-electron chi connectivity index (χ2n) is 2.92. The molecule has 2 rings (SSSR count). The molecule has 0 spiro atoms. The van der Waals surface area contributed by atoms with Gasteiger partial charge in [0.15, 0.2) is 0 Å². The normalized spacial score (nSPS) is 10.7. The molecule has 2 aromatic heterocycles. The van der Waals surface area contributed by atoms with E-state index in [-0.39, 0.29) is 0 Å². The third-order valence-corrected chi connectivity index (χ3v) is 3.50. The number of nitrogens with two attached hydrogens (primary N) is 1. The Labute approximate surface area is 93.9 Å². The van der Waals surface area contributed by atoms with Crippen molar-refractivity contribution in [3.8, 4) is 0 Å². The van der Waals surface area contributed by atoms with Crippen LogP contribution in [0.15, 0.2) is 15.4 Å². The van der Waals surface area contributed by atoms with Gasteiger partial charge in [0.25, 0.3) is 0 Å². The number of aromatic nitrogens is 3. The second-order valence-corrected chi connectivity index (χ2v) is 4.43. The van der Waals surface area contributed by atoms with Crippen LogP contribution in [-0.4, -0.2) is 14.8 Å². The Kier molecular flexibility index (Phi) is 2.56. The molecule has 0 aliphatic carbocycles. The van der Waals surface area contributed by atoms with Gasteiger partial charge in [-0.3, -0.25) is 0 Å². The molecule has 0 unspecified atom stereocenters. The zero-order chi connectivity index (χ0) is 10.1. The van der Waals surface area contributed by atoms with Gasteiger partial charge in [0, 0.05) is 5.38 Å². The molecule has 74 valence electrons. The summed E-state index contributed by atoms with van der Waals surface area (Å²) in [4.78, 5) is 4.18. The molecule has 0 aliphatic heterocycles. The predicted octanol–water partition coefficient (Wildman–Crippen LogP) is 2.04. The fourth-order valence-corrected chi connectivity index (χ4v) is 2.00. The zero-order valence-electron chi connectivity index (χ0n) is 7.57. The molecule has 0 radical (unpaired) electrons. The van der Waals surface area contributed by atoms with Gasteiger partial charge in [0.2, 0.25) is 0 Å². The first-order chi connectivity index (χ1) is 6.68. The van der Waals surface area contributed by atoms with Crippen LogP contribution in [0.2, 0.25) is 0 Å². The molecular formula is C8H9BrN4S. The first-order valence-corrected chi connectivity index (χ1v) is 5.77. The summed E-state index contributed by atoms with van der Waals surface area (Å²) in [5.41, 5.74) is 9.54. The quantitative estimate of drug-likeness (QED) is 0.911. The Balaban J connectivity index is 2.30. The van der Waals surface area contributed by atoms with Crippen molar-refractivity contribution in [1.82, 2.24) is 14.8 Å². The molecule has 6 heteroatoms. The van der Waals surface area contributed by atoms with Crippen LogP contribution in [-0.2, 0) is 6.54 Å². The summed E-state index contributed by atoms with van der Waals surface area (Å²) in [7, 11) is 0. The van der Waals surface area contributed by atoms with Crippen LogP contribution in [0.5, 0.6) is 0 Å². The highest BCUT2D eigenvalue weighted by Crippen LogP contribution is 2.23. The monoisotopic (exact) mass is 272 g/mol. The highest BCUT2D eigenvalue weighted by atomic mass is 79.9. The van der Waals surface area contributed by atoms with E-state index in [9.17, 15) is 0 Å². The van der Waals surface area contributed by atoms with Crippen molar-refractivity contribution >= 4 is 33.1 Å². The van der Waals surface area contributed by atoms with Crippen molar-refractivity contribution in [3.05, 3.63) is 26.8 Å². The number of hydrogen-bond donors (Lipinski definition) is 1. The molecule has 0 fully saturated rings. The minimum Gasteiger partial charge on any atom is -0.383 e. The molecule has 0 aliphatic rings. The fraction of sp³-hybridized carbons (Fsp3) is 0.250. The molecule has 0 saturated carbocycles. The summed E-state index contributed by atoms with van der Waals surface area (Å²) in [5, 5.41) is 6.28. The molecule has 0 amide bonds. The van der Waals surface area contributed by atoms with Crippen LogP contribution < -0.4 is 5.73 Å². The number of halogens is 1. The standard InChI is InChI=1S/C8H9BrN4S/c1-5-7(9)8(10)13(12-5)2-6-3-14-4-11-6/h3-4H,2,10H2,1H3. The Bertz CT molecular complexity index is 434. The van der Waals surface area contributed by atoms with Crippen molar-refractivity contribution in [2.24, 2.45) is 0 Å². The lowest BCUT2D eigenvalue weighted by Crippen LogP contribution is -2.06. The molecule has 2 heterocycles. The van der Waals surface area contributed by atoms with E-state index in [4.69, 9.17) is 5.73 Å². The van der Waals surface area contributed by atoms with Crippen molar-refractivity contribution < 1.29 is 0 Å². The molecule has 0 bridgehead atoms. The Morgan fingerprint density at radius 2 is 2.43 bits per heavy atom. The third kappa shape index (κ3) is 1.67. The summed E-state index contributed by atoms with van der Waals surface area (Å²) in [6.07, 6.45) is 0. The third-order valence-electron chi connectivity index (χ3n) is 1.89. The van der Waals surface area contributed by atoms with E-state index in [0.717, 1.165) is 15.9 Å². The largest absolute Gasteiger partial charge is 0.383 e. The SMILES string of the molecule is Cc1nn(Cc2cscn2)c(N)c1Br. The van der Waals surface area contributed by atoms with Crippen molar-refractivity contribution in [1.29, 1.82) is 0 Å². The lowest BCUT2D eigenvalue weighted by Gasteiger charge is -2.00. The Morgan fingerprint density at radius 1 is 1.64 bits per heavy atom. The number of anilines is 1. The minimum atomic E-state index is 0.627. The Morgan fingerprint density at radius 3 is 2.93 bits per heavy atom. The summed E-state index contributed by atoms with van der Waals surface area (Å²) < 4.78 is 2.61. The van der Waals surface area contributed by atoms with Crippen LogP contribution in [0, 0.1) is 6.92 Å². The average Bonchev–Trinajstić information content (AvgIpc) is 2.73. The summed E-state index contributed by atoms with van der Waals surface area (Å²) in [6, 6.07) is 0. The van der Waals surface area contributed by atoms with E-state index in [1.165, 1.54) is 0 Å². The van der Waals surface area contributed by atoms with Gasteiger partial charge >= 0.3 is 0 Å². The maximum absolute atomic E-state index is 5.85. The molecule has 2 N–H and O–H groups in total. The average molecular weight is 273 g/mol. The summed E-state index contributed by atoms with van der Waals surface area (Å²) >= 11 is 4.95. The smallest absolute Gasteiger partial charge is 0.136 e. The molecule has 4 nitrogen and oxygen atoms in total. The number of thiazole rings is 1. The topological polar surface area (TPSA) is 56.7 Å². The lowest BCUT2D eigenvalue weighted by atomic mass is 10.4. The van der Waals surface area contributed by atoms with Crippen LogP contribution in [0.3, 0.4) is 0 Å². The molecule has 14 heavy (non-hydrogen) atoms. The molecule has 0 saturated heterocycles. The molecule has 0 atom stereocenters. The maximum Gasteiger partial charge on any atom is 0.136 e. The van der Waals surface area contributed by atoms with E-state index in [2.05, 4.69) is 26.0 Å². The number of nitrogens with zero attached hydrogens (tertiary/aromatic N) is 3. The highest BCUT2D eigenvalue weighted by molar-refractivity contribution is 9.10. The predicted molar refractivity (Wildman–Crippen MR) is 60.3 cm³/mol. The minimum absolute atomic E-state index is 0.627. The van der Waals surface area contributed by atoms with E-state index in [1.54, 1.807) is 21.5 Å². The maximum atomic E-state index is 5.85. The second kappa shape index (κ2) is 3.70. The molecule has 2 aromatic rings. The van der Waals surface area contributed by atoms with Gasteiger partial charge in [-0.15, -0.1) is 11.3 Å². The van der Waals surface area contributed by atoms with E-state index in [0.29, 0.717) is 12.4 Å². The van der Waals surface area contributed by atoms with Gasteiger partial charge in [-0.2, -0.15) is 5.10 Å². The van der Waals surface area contributed by atoms with Gasteiger partial charge in [0.1, 0.15) is 5.82 Å². The van der Waals surface area contributed by atoms with Crippen LogP contribution >= 0.6 is 27.3 Å². The van der Waals surface area contributed by atoms with Gasteiger partial charge in [0.05, 0.1) is 27.9 Å². The first-order valence-electron chi connectivity index (χ1n) is 4.04. The zero-order valence-corrected chi connectivity index (χ0v) is 9.97. The number of rotatable bonds is 2. The summed E-state index contributed by atoms with van der Waals surface area (Å²) in [6.45, 7) is 2.54. The van der Waals surface area contributed by atoms with Crippen LogP contribution in [0.25, 0.3) is 0 Å². The number of nitrogen functional groups attached to an aromatic ring is 1. The van der Waals surface area contributed by atoms with E-state index in [1.807, 2.05) is 12.3 Å². The van der Waals surface area contributed by atoms with Crippen LogP contribution in [0.4, 0.5) is 5.82 Å². The van der Waals surface area contributed by atoms with Gasteiger partial charge in [-0.25, -0.2) is 9.67 Å².